The number of hydrogen-bond acceptors (Lipinski definition) is 3. The molecule has 1 unspecified atom stereocenters. The number of carboxylic acids is 1. The molecule has 0 aliphatic heterocycles. The molecule has 2 aromatic rings. The first-order valence-corrected chi connectivity index (χ1v) is 6.72. The summed E-state index contributed by atoms with van der Waals surface area (Å²) in [5, 5.41) is 9.36. The Balaban J connectivity index is 2.39. The van der Waals surface area contributed by atoms with E-state index in [1.165, 1.54) is 0 Å². The summed E-state index contributed by atoms with van der Waals surface area (Å²) in [5.74, 6) is -1.59. The number of carboxylic acid groups (broad SMARTS) is 1. The molecule has 1 N–H and O–H groups in total. The number of nitrogens with zero attached hydrogens (tertiary/aromatic N) is 1. The minimum absolute atomic E-state index is 0.557. The van der Waals surface area contributed by atoms with Crippen molar-refractivity contribution in [1.82, 2.24) is 4.98 Å². The molecule has 0 bridgehead atoms. The maximum absolute atomic E-state index is 11.4. The highest BCUT2D eigenvalue weighted by molar-refractivity contribution is 7.98. The van der Waals surface area contributed by atoms with E-state index in [9.17, 15) is 9.90 Å². The maximum Gasteiger partial charge on any atom is 0.317 e. The van der Waals surface area contributed by atoms with Gasteiger partial charge in [0.2, 0.25) is 0 Å². The van der Waals surface area contributed by atoms with Crippen molar-refractivity contribution in [2.75, 3.05) is 6.26 Å². The Labute approximate surface area is 110 Å². The van der Waals surface area contributed by atoms with Gasteiger partial charge in [0.05, 0.1) is 5.69 Å². The molecule has 0 amide bonds. The van der Waals surface area contributed by atoms with Crippen LogP contribution < -0.4 is 0 Å². The molecule has 0 aliphatic carbocycles. The van der Waals surface area contributed by atoms with Crippen LogP contribution in [0.15, 0.2) is 53.6 Å². The van der Waals surface area contributed by atoms with Crippen LogP contribution in [0.4, 0.5) is 0 Å². The SMILES string of the molecule is CSc1ccc(C(C(=O)O)c2ccccn2)cc1. The summed E-state index contributed by atoms with van der Waals surface area (Å²) in [4.78, 5) is 16.7. The van der Waals surface area contributed by atoms with Crippen molar-refractivity contribution >= 4 is 17.7 Å². The largest absolute Gasteiger partial charge is 0.480 e. The molecule has 18 heavy (non-hydrogen) atoms. The second kappa shape index (κ2) is 5.69. The van der Waals surface area contributed by atoms with E-state index in [1.54, 1.807) is 36.2 Å². The van der Waals surface area contributed by atoms with E-state index in [4.69, 9.17) is 0 Å². The van der Waals surface area contributed by atoms with E-state index in [-0.39, 0.29) is 0 Å². The van der Waals surface area contributed by atoms with Crippen LogP contribution in [-0.4, -0.2) is 22.3 Å². The van der Waals surface area contributed by atoms with Gasteiger partial charge in [-0.3, -0.25) is 9.78 Å². The number of rotatable bonds is 4. The first-order valence-electron chi connectivity index (χ1n) is 5.50. The fraction of sp³-hybridized carbons (Fsp3) is 0.143. The van der Waals surface area contributed by atoms with Crippen molar-refractivity contribution in [1.29, 1.82) is 0 Å². The summed E-state index contributed by atoms with van der Waals surface area (Å²) in [6.45, 7) is 0. The highest BCUT2D eigenvalue weighted by atomic mass is 32.2. The van der Waals surface area contributed by atoms with Gasteiger partial charge in [-0.2, -0.15) is 0 Å². The van der Waals surface area contributed by atoms with Gasteiger partial charge in [-0.25, -0.2) is 0 Å². The second-order valence-electron chi connectivity index (χ2n) is 3.80. The maximum atomic E-state index is 11.4. The highest BCUT2D eigenvalue weighted by Crippen LogP contribution is 2.25. The van der Waals surface area contributed by atoms with Crippen LogP contribution in [-0.2, 0) is 4.79 Å². The van der Waals surface area contributed by atoms with Crippen LogP contribution in [0.25, 0.3) is 0 Å². The third kappa shape index (κ3) is 2.71. The number of carbonyl (C=O) groups is 1. The lowest BCUT2D eigenvalue weighted by atomic mass is 9.95. The molecule has 0 radical (unpaired) electrons. The molecule has 0 spiro atoms. The van der Waals surface area contributed by atoms with Crippen LogP contribution >= 0.6 is 11.8 Å². The molecule has 2 rings (SSSR count). The quantitative estimate of drug-likeness (QED) is 0.857. The van der Waals surface area contributed by atoms with E-state index in [0.29, 0.717) is 5.69 Å². The van der Waals surface area contributed by atoms with Gasteiger partial charge in [0.25, 0.3) is 0 Å². The lowest BCUT2D eigenvalue weighted by molar-refractivity contribution is -0.137. The van der Waals surface area contributed by atoms with Crippen molar-refractivity contribution in [2.24, 2.45) is 0 Å². The molecule has 0 aliphatic rings. The number of aromatic nitrogens is 1. The lowest BCUT2D eigenvalue weighted by Gasteiger charge is -2.12. The topological polar surface area (TPSA) is 50.2 Å². The number of pyridine rings is 1. The number of thioether (sulfide) groups is 1. The van der Waals surface area contributed by atoms with Gasteiger partial charge in [-0.1, -0.05) is 18.2 Å². The van der Waals surface area contributed by atoms with Gasteiger partial charge < -0.3 is 5.11 Å². The average Bonchev–Trinajstić information content (AvgIpc) is 2.40. The molecule has 1 atom stereocenters. The van der Waals surface area contributed by atoms with Gasteiger partial charge in [0.15, 0.2) is 0 Å². The molecule has 1 aromatic carbocycles. The number of aliphatic carboxylic acids is 1. The molecular formula is C14H13NO2S. The molecule has 3 nitrogen and oxygen atoms in total. The zero-order chi connectivity index (χ0) is 13.0. The van der Waals surface area contributed by atoms with Gasteiger partial charge in [-0.05, 0) is 36.1 Å². The van der Waals surface area contributed by atoms with Gasteiger partial charge in [-0.15, -0.1) is 11.8 Å². The van der Waals surface area contributed by atoms with Crippen LogP contribution in [0.2, 0.25) is 0 Å². The van der Waals surface area contributed by atoms with E-state index in [2.05, 4.69) is 4.98 Å². The smallest absolute Gasteiger partial charge is 0.317 e. The van der Waals surface area contributed by atoms with Crippen LogP contribution in [0.5, 0.6) is 0 Å². The van der Waals surface area contributed by atoms with Crippen LogP contribution in [0.3, 0.4) is 0 Å². The van der Waals surface area contributed by atoms with E-state index in [1.807, 2.05) is 30.5 Å². The van der Waals surface area contributed by atoms with Gasteiger partial charge >= 0.3 is 5.97 Å². The Morgan fingerprint density at radius 3 is 2.44 bits per heavy atom. The summed E-state index contributed by atoms with van der Waals surface area (Å²) < 4.78 is 0. The Bertz CT molecular complexity index is 525. The first-order chi connectivity index (χ1) is 8.72. The molecule has 4 heteroatoms. The monoisotopic (exact) mass is 259 g/mol. The zero-order valence-electron chi connectivity index (χ0n) is 9.91. The summed E-state index contributed by atoms with van der Waals surface area (Å²) in [6, 6.07) is 12.9. The predicted octanol–water partition coefficient (Wildman–Crippen LogP) is 3.02. The third-order valence-corrected chi connectivity index (χ3v) is 3.42. The molecule has 0 saturated heterocycles. The number of benzene rings is 1. The fourth-order valence-corrected chi connectivity index (χ4v) is 2.19. The fourth-order valence-electron chi connectivity index (χ4n) is 1.78. The third-order valence-electron chi connectivity index (χ3n) is 2.68. The van der Waals surface area contributed by atoms with Crippen molar-refractivity contribution < 1.29 is 9.90 Å². The molecular weight excluding hydrogens is 246 g/mol. The average molecular weight is 259 g/mol. The Morgan fingerprint density at radius 1 is 1.22 bits per heavy atom. The Morgan fingerprint density at radius 2 is 1.94 bits per heavy atom. The van der Waals surface area contributed by atoms with Crippen molar-refractivity contribution in [3.05, 3.63) is 59.9 Å². The first kappa shape index (κ1) is 12.6. The highest BCUT2D eigenvalue weighted by Gasteiger charge is 2.22. The summed E-state index contributed by atoms with van der Waals surface area (Å²) >= 11 is 1.63. The standard InChI is InChI=1S/C14H13NO2S/c1-18-11-7-5-10(6-8-11)13(14(16)17)12-4-2-3-9-15-12/h2-9,13H,1H3,(H,16,17). The minimum atomic E-state index is -0.884. The normalized spacial score (nSPS) is 12.1. The molecule has 0 fully saturated rings. The molecule has 1 aromatic heterocycles. The summed E-state index contributed by atoms with van der Waals surface area (Å²) in [5.41, 5.74) is 1.31. The van der Waals surface area contributed by atoms with Crippen molar-refractivity contribution in [3.63, 3.8) is 0 Å². The molecule has 0 saturated carbocycles. The summed E-state index contributed by atoms with van der Waals surface area (Å²) in [7, 11) is 0. The molecule has 1 heterocycles. The van der Waals surface area contributed by atoms with E-state index in [0.717, 1.165) is 10.5 Å². The number of hydrogen-bond donors (Lipinski definition) is 1. The zero-order valence-corrected chi connectivity index (χ0v) is 10.7. The van der Waals surface area contributed by atoms with Crippen molar-refractivity contribution in [3.8, 4) is 0 Å². The van der Waals surface area contributed by atoms with Crippen LogP contribution in [0.1, 0.15) is 17.2 Å². The van der Waals surface area contributed by atoms with E-state index >= 15 is 0 Å². The Kier molecular flexibility index (Phi) is 3.99. The van der Waals surface area contributed by atoms with Crippen LogP contribution in [0, 0.1) is 0 Å². The Hall–Kier alpha value is -1.81. The van der Waals surface area contributed by atoms with E-state index < -0.39 is 11.9 Å². The second-order valence-corrected chi connectivity index (χ2v) is 4.68. The summed E-state index contributed by atoms with van der Waals surface area (Å²) in [6.07, 6.45) is 3.60. The lowest BCUT2D eigenvalue weighted by Crippen LogP contribution is -2.14. The van der Waals surface area contributed by atoms with Crippen molar-refractivity contribution in [2.45, 2.75) is 10.8 Å². The molecule has 92 valence electrons. The van der Waals surface area contributed by atoms with Gasteiger partial charge in [0.1, 0.15) is 5.92 Å². The van der Waals surface area contributed by atoms with Gasteiger partial charge in [0, 0.05) is 11.1 Å². The minimum Gasteiger partial charge on any atom is -0.480 e. The predicted molar refractivity (Wildman–Crippen MR) is 71.9 cm³/mol.